The molecule has 1 fully saturated rings. The van der Waals surface area contributed by atoms with Crippen molar-refractivity contribution >= 4 is 17.5 Å². The van der Waals surface area contributed by atoms with Gasteiger partial charge < -0.3 is 15.1 Å². The molecule has 2 heterocycles. The lowest BCUT2D eigenvalue weighted by Crippen LogP contribution is -2.46. The Morgan fingerprint density at radius 2 is 1.59 bits per heavy atom. The Hall–Kier alpha value is -2.92. The summed E-state index contributed by atoms with van der Waals surface area (Å²) in [4.78, 5) is 14.6. The van der Waals surface area contributed by atoms with Gasteiger partial charge in [0, 0.05) is 43.5 Å². The average Bonchev–Trinajstić information content (AvgIpc) is 2.80. The van der Waals surface area contributed by atoms with E-state index in [1.54, 1.807) is 0 Å². The van der Waals surface area contributed by atoms with Crippen LogP contribution in [0.5, 0.6) is 0 Å². The molecular weight excluding hydrogens is 358 g/mol. The summed E-state index contributed by atoms with van der Waals surface area (Å²) >= 11 is 0. The SMILES string of the molecule is CCc1ccccc1Nc1cc(-c2ccccc2)nc(N2CCN(CC)CC2)n1. The Morgan fingerprint density at radius 1 is 0.862 bits per heavy atom. The Bertz CT molecular complexity index is 933. The van der Waals surface area contributed by atoms with E-state index in [-0.39, 0.29) is 0 Å². The summed E-state index contributed by atoms with van der Waals surface area (Å²) in [5, 5.41) is 3.54. The Kier molecular flexibility index (Phi) is 6.06. The minimum absolute atomic E-state index is 0.804. The average molecular weight is 388 g/mol. The van der Waals surface area contributed by atoms with Gasteiger partial charge in [-0.2, -0.15) is 4.98 Å². The first-order valence-electron chi connectivity index (χ1n) is 10.5. The van der Waals surface area contributed by atoms with Crippen molar-refractivity contribution in [3.05, 3.63) is 66.2 Å². The number of piperazine rings is 1. The molecule has 0 aliphatic carbocycles. The monoisotopic (exact) mass is 387 g/mol. The highest BCUT2D eigenvalue weighted by atomic mass is 15.3. The van der Waals surface area contributed by atoms with Crippen LogP contribution in [0.3, 0.4) is 0 Å². The third kappa shape index (κ3) is 4.57. The van der Waals surface area contributed by atoms with Gasteiger partial charge >= 0.3 is 0 Å². The smallest absolute Gasteiger partial charge is 0.227 e. The summed E-state index contributed by atoms with van der Waals surface area (Å²) in [6, 6.07) is 20.8. The molecule has 4 rings (SSSR count). The van der Waals surface area contributed by atoms with Gasteiger partial charge in [-0.25, -0.2) is 4.98 Å². The molecule has 1 aliphatic heterocycles. The molecule has 0 amide bonds. The van der Waals surface area contributed by atoms with Gasteiger partial charge in [0.25, 0.3) is 0 Å². The van der Waals surface area contributed by atoms with Crippen LogP contribution in [0.15, 0.2) is 60.7 Å². The molecule has 1 N–H and O–H groups in total. The summed E-state index contributed by atoms with van der Waals surface area (Å²) < 4.78 is 0. The zero-order valence-corrected chi connectivity index (χ0v) is 17.3. The number of aromatic nitrogens is 2. The number of rotatable bonds is 6. The number of likely N-dealkylation sites (N-methyl/N-ethyl adjacent to an activating group) is 1. The molecule has 2 aromatic carbocycles. The van der Waals surface area contributed by atoms with E-state index in [0.29, 0.717) is 0 Å². The van der Waals surface area contributed by atoms with E-state index >= 15 is 0 Å². The van der Waals surface area contributed by atoms with Crippen LogP contribution in [0.25, 0.3) is 11.3 Å². The molecule has 0 unspecified atom stereocenters. The number of aryl methyl sites for hydroxylation is 1. The first kappa shape index (κ1) is 19.4. The zero-order chi connectivity index (χ0) is 20.1. The van der Waals surface area contributed by atoms with Crippen molar-refractivity contribution in [2.75, 3.05) is 42.9 Å². The number of para-hydroxylation sites is 1. The molecule has 0 spiro atoms. The predicted octanol–water partition coefficient (Wildman–Crippen LogP) is 4.59. The Morgan fingerprint density at radius 3 is 2.31 bits per heavy atom. The second-order valence-corrected chi connectivity index (χ2v) is 7.36. The molecule has 3 aromatic rings. The van der Waals surface area contributed by atoms with Crippen LogP contribution in [0.4, 0.5) is 17.5 Å². The van der Waals surface area contributed by atoms with Crippen molar-refractivity contribution in [2.45, 2.75) is 20.3 Å². The molecule has 1 saturated heterocycles. The molecule has 150 valence electrons. The molecular formula is C24H29N5. The summed E-state index contributed by atoms with van der Waals surface area (Å²) in [7, 11) is 0. The lowest BCUT2D eigenvalue weighted by atomic mass is 10.1. The second-order valence-electron chi connectivity index (χ2n) is 7.36. The van der Waals surface area contributed by atoms with Crippen LogP contribution in [-0.2, 0) is 6.42 Å². The predicted molar refractivity (Wildman–Crippen MR) is 121 cm³/mol. The van der Waals surface area contributed by atoms with Gasteiger partial charge in [-0.3, -0.25) is 0 Å². The number of nitrogens with one attached hydrogen (secondary N) is 1. The fraction of sp³-hybridized carbons (Fsp3) is 0.333. The summed E-state index contributed by atoms with van der Waals surface area (Å²) in [5.74, 6) is 1.64. The van der Waals surface area contributed by atoms with Crippen molar-refractivity contribution in [3.8, 4) is 11.3 Å². The molecule has 0 bridgehead atoms. The van der Waals surface area contributed by atoms with E-state index in [4.69, 9.17) is 9.97 Å². The van der Waals surface area contributed by atoms with E-state index in [2.05, 4.69) is 77.5 Å². The standard InChI is InChI=1S/C24H29N5/c1-3-19-10-8-9-13-21(19)25-23-18-22(20-11-6-5-7-12-20)26-24(27-23)29-16-14-28(4-2)15-17-29/h5-13,18H,3-4,14-17H2,1-2H3,(H,25,26,27). The van der Waals surface area contributed by atoms with Crippen molar-refractivity contribution in [2.24, 2.45) is 0 Å². The fourth-order valence-electron chi connectivity index (χ4n) is 3.75. The molecule has 1 aliphatic rings. The lowest BCUT2D eigenvalue weighted by molar-refractivity contribution is 0.270. The zero-order valence-electron chi connectivity index (χ0n) is 17.3. The highest BCUT2D eigenvalue weighted by molar-refractivity contribution is 5.68. The molecule has 1 aromatic heterocycles. The van der Waals surface area contributed by atoms with Crippen LogP contribution in [0.2, 0.25) is 0 Å². The van der Waals surface area contributed by atoms with Gasteiger partial charge in [-0.05, 0) is 24.6 Å². The summed E-state index contributed by atoms with van der Waals surface area (Å²) in [6.45, 7) is 9.51. The maximum absolute atomic E-state index is 4.92. The van der Waals surface area contributed by atoms with E-state index in [9.17, 15) is 0 Å². The number of nitrogens with zero attached hydrogens (tertiary/aromatic N) is 4. The molecule has 5 nitrogen and oxygen atoms in total. The minimum atomic E-state index is 0.804. The maximum Gasteiger partial charge on any atom is 0.227 e. The molecule has 5 heteroatoms. The van der Waals surface area contributed by atoms with Gasteiger partial charge in [0.1, 0.15) is 5.82 Å². The van der Waals surface area contributed by atoms with Crippen molar-refractivity contribution < 1.29 is 0 Å². The van der Waals surface area contributed by atoms with E-state index in [1.165, 1.54) is 5.56 Å². The van der Waals surface area contributed by atoms with Crippen LogP contribution < -0.4 is 10.2 Å². The van der Waals surface area contributed by atoms with Crippen LogP contribution >= 0.6 is 0 Å². The van der Waals surface area contributed by atoms with E-state index in [0.717, 1.165) is 67.9 Å². The van der Waals surface area contributed by atoms with Crippen molar-refractivity contribution in [3.63, 3.8) is 0 Å². The number of hydrogen-bond acceptors (Lipinski definition) is 5. The molecule has 29 heavy (non-hydrogen) atoms. The van der Waals surface area contributed by atoms with Crippen molar-refractivity contribution in [1.29, 1.82) is 0 Å². The molecule has 0 radical (unpaired) electrons. The van der Waals surface area contributed by atoms with E-state index < -0.39 is 0 Å². The highest BCUT2D eigenvalue weighted by Crippen LogP contribution is 2.27. The first-order chi connectivity index (χ1) is 14.3. The quantitative estimate of drug-likeness (QED) is 0.670. The normalized spacial score (nSPS) is 14.8. The summed E-state index contributed by atoms with van der Waals surface area (Å²) in [6.07, 6.45) is 0.978. The molecule has 0 atom stereocenters. The van der Waals surface area contributed by atoms with Gasteiger partial charge in [-0.15, -0.1) is 0 Å². The van der Waals surface area contributed by atoms with Crippen LogP contribution in [-0.4, -0.2) is 47.6 Å². The van der Waals surface area contributed by atoms with Gasteiger partial charge in [-0.1, -0.05) is 62.4 Å². The van der Waals surface area contributed by atoms with Gasteiger partial charge in [0.2, 0.25) is 5.95 Å². The van der Waals surface area contributed by atoms with Crippen LogP contribution in [0, 0.1) is 0 Å². The highest BCUT2D eigenvalue weighted by Gasteiger charge is 2.19. The first-order valence-corrected chi connectivity index (χ1v) is 10.5. The minimum Gasteiger partial charge on any atom is -0.340 e. The number of anilines is 3. The number of benzene rings is 2. The van der Waals surface area contributed by atoms with E-state index in [1.807, 2.05) is 12.1 Å². The Balaban J connectivity index is 1.69. The Labute approximate surface area is 173 Å². The maximum atomic E-state index is 4.92. The molecule has 0 saturated carbocycles. The topological polar surface area (TPSA) is 44.3 Å². The lowest BCUT2D eigenvalue weighted by Gasteiger charge is -2.34. The van der Waals surface area contributed by atoms with Crippen molar-refractivity contribution in [1.82, 2.24) is 14.9 Å². The van der Waals surface area contributed by atoms with Gasteiger partial charge in [0.05, 0.1) is 5.69 Å². The van der Waals surface area contributed by atoms with Crippen LogP contribution in [0.1, 0.15) is 19.4 Å². The third-order valence-electron chi connectivity index (χ3n) is 5.55. The summed E-state index contributed by atoms with van der Waals surface area (Å²) in [5.41, 5.74) is 4.44. The number of hydrogen-bond donors (Lipinski definition) is 1. The largest absolute Gasteiger partial charge is 0.340 e. The second kappa shape index (κ2) is 9.05. The van der Waals surface area contributed by atoms with Gasteiger partial charge in [0.15, 0.2) is 0 Å². The fourth-order valence-corrected chi connectivity index (χ4v) is 3.75. The third-order valence-corrected chi connectivity index (χ3v) is 5.55.